The predicted molar refractivity (Wildman–Crippen MR) is 45.4 cm³/mol. The lowest BCUT2D eigenvalue weighted by atomic mass is 10.4. The molecular weight excluding hydrogens is 143 g/mol. The van der Waals surface area contributed by atoms with Crippen LogP contribution in [0.1, 0.15) is 0 Å². The molecule has 1 rings (SSSR count). The summed E-state index contributed by atoms with van der Waals surface area (Å²) in [4.78, 5) is 9.28. The third kappa shape index (κ3) is 1.66. The molecule has 2 heteroatoms. The largest absolute Gasteiger partial charge is 0.365 e. The maximum atomic E-state index is 9.28. The van der Waals surface area contributed by atoms with Crippen LogP contribution >= 0.6 is 8.15 Å². The van der Waals surface area contributed by atoms with Crippen molar-refractivity contribution in [3.8, 4) is 0 Å². The van der Waals surface area contributed by atoms with Crippen molar-refractivity contribution in [2.45, 2.75) is 0 Å². The minimum absolute atomic E-state index is 0.951. The van der Waals surface area contributed by atoms with Gasteiger partial charge < -0.3 is 4.89 Å². The fraction of sp³-hybridized carbons (Fsp3) is 0. The Morgan fingerprint density at radius 3 is 2.40 bits per heavy atom. The SMILES string of the molecule is C=CP(O)c1ccccc1. The number of hydrogen-bond donors (Lipinski definition) is 1. The smallest absolute Gasteiger partial charge is 0.0797 e. The molecular formula is C8H9OP. The lowest BCUT2D eigenvalue weighted by molar-refractivity contribution is 0.644. The molecule has 0 radical (unpaired) electrons. The molecule has 1 aromatic carbocycles. The van der Waals surface area contributed by atoms with Crippen molar-refractivity contribution in [3.63, 3.8) is 0 Å². The maximum absolute atomic E-state index is 9.28. The predicted octanol–water partition coefficient (Wildman–Crippen LogP) is 1.84. The van der Waals surface area contributed by atoms with Crippen molar-refractivity contribution in [1.82, 2.24) is 0 Å². The van der Waals surface area contributed by atoms with Gasteiger partial charge in [-0.25, -0.2) is 0 Å². The molecule has 0 bridgehead atoms. The van der Waals surface area contributed by atoms with Gasteiger partial charge in [0.05, 0.1) is 8.15 Å². The van der Waals surface area contributed by atoms with Crippen LogP contribution in [0.2, 0.25) is 0 Å². The van der Waals surface area contributed by atoms with E-state index in [-0.39, 0.29) is 0 Å². The Hall–Kier alpha value is -0.650. The highest BCUT2D eigenvalue weighted by atomic mass is 31.1. The number of hydrogen-bond acceptors (Lipinski definition) is 1. The average molecular weight is 152 g/mol. The highest BCUT2D eigenvalue weighted by Gasteiger charge is 1.98. The molecule has 0 fully saturated rings. The Morgan fingerprint density at radius 2 is 1.90 bits per heavy atom. The van der Waals surface area contributed by atoms with Gasteiger partial charge in [0.25, 0.3) is 0 Å². The summed E-state index contributed by atoms with van der Waals surface area (Å²) in [6, 6.07) is 9.53. The van der Waals surface area contributed by atoms with E-state index < -0.39 is 8.15 Å². The van der Waals surface area contributed by atoms with Gasteiger partial charge in [0.1, 0.15) is 0 Å². The Kier molecular flexibility index (Phi) is 2.61. The monoisotopic (exact) mass is 152 g/mol. The lowest BCUT2D eigenvalue weighted by Crippen LogP contribution is -1.95. The third-order valence-corrected chi connectivity index (χ3v) is 2.37. The summed E-state index contributed by atoms with van der Waals surface area (Å²) in [5, 5.41) is 0.951. The molecule has 0 aliphatic heterocycles. The van der Waals surface area contributed by atoms with Crippen molar-refractivity contribution in [2.24, 2.45) is 0 Å². The van der Waals surface area contributed by atoms with Crippen molar-refractivity contribution < 1.29 is 4.89 Å². The van der Waals surface area contributed by atoms with Crippen LogP contribution in [0, 0.1) is 0 Å². The van der Waals surface area contributed by atoms with E-state index in [0.29, 0.717) is 0 Å². The van der Waals surface area contributed by atoms with E-state index in [9.17, 15) is 4.89 Å². The fourth-order valence-electron chi connectivity index (χ4n) is 0.686. The van der Waals surface area contributed by atoms with Gasteiger partial charge in [-0.05, 0) is 5.82 Å². The normalized spacial score (nSPS) is 12.5. The molecule has 0 saturated carbocycles. The molecule has 0 spiro atoms. The first kappa shape index (κ1) is 7.46. The van der Waals surface area contributed by atoms with E-state index in [2.05, 4.69) is 6.58 Å². The molecule has 1 atom stereocenters. The quantitative estimate of drug-likeness (QED) is 0.641. The molecule has 10 heavy (non-hydrogen) atoms. The lowest BCUT2D eigenvalue weighted by Gasteiger charge is -2.02. The van der Waals surface area contributed by atoms with E-state index >= 15 is 0 Å². The van der Waals surface area contributed by atoms with Crippen molar-refractivity contribution in [2.75, 3.05) is 0 Å². The topological polar surface area (TPSA) is 20.2 Å². The first-order valence-corrected chi connectivity index (χ1v) is 4.36. The summed E-state index contributed by atoms with van der Waals surface area (Å²) in [5.74, 6) is 1.57. The first-order chi connectivity index (χ1) is 4.84. The number of rotatable bonds is 2. The zero-order valence-corrected chi connectivity index (χ0v) is 6.46. The Morgan fingerprint density at radius 1 is 1.30 bits per heavy atom. The van der Waals surface area contributed by atoms with E-state index in [1.165, 1.54) is 0 Å². The zero-order chi connectivity index (χ0) is 7.40. The van der Waals surface area contributed by atoms with Crippen molar-refractivity contribution in [1.29, 1.82) is 0 Å². The van der Waals surface area contributed by atoms with Gasteiger partial charge in [-0.3, -0.25) is 0 Å². The van der Waals surface area contributed by atoms with Gasteiger partial charge >= 0.3 is 0 Å². The molecule has 0 aliphatic rings. The minimum atomic E-state index is -1.11. The number of benzene rings is 1. The molecule has 0 saturated heterocycles. The molecule has 0 amide bonds. The molecule has 52 valence electrons. The van der Waals surface area contributed by atoms with Crippen LogP contribution in [0.15, 0.2) is 42.7 Å². The maximum Gasteiger partial charge on any atom is 0.0797 e. The second-order valence-electron chi connectivity index (χ2n) is 1.86. The second kappa shape index (κ2) is 3.50. The minimum Gasteiger partial charge on any atom is -0.365 e. The molecule has 0 aliphatic carbocycles. The van der Waals surface area contributed by atoms with Gasteiger partial charge in [-0.15, -0.1) is 0 Å². The van der Waals surface area contributed by atoms with Gasteiger partial charge in [0, 0.05) is 5.30 Å². The zero-order valence-electron chi connectivity index (χ0n) is 5.57. The highest BCUT2D eigenvalue weighted by Crippen LogP contribution is 2.28. The van der Waals surface area contributed by atoms with Gasteiger partial charge in [-0.1, -0.05) is 36.9 Å². The van der Waals surface area contributed by atoms with Crippen LogP contribution in [-0.4, -0.2) is 4.89 Å². The van der Waals surface area contributed by atoms with Gasteiger partial charge in [-0.2, -0.15) is 0 Å². The van der Waals surface area contributed by atoms with E-state index in [1.54, 1.807) is 5.82 Å². The summed E-state index contributed by atoms with van der Waals surface area (Å²) in [6.45, 7) is 3.52. The van der Waals surface area contributed by atoms with Crippen LogP contribution in [0.3, 0.4) is 0 Å². The van der Waals surface area contributed by atoms with E-state index in [0.717, 1.165) is 5.30 Å². The van der Waals surface area contributed by atoms with E-state index in [4.69, 9.17) is 0 Å². The van der Waals surface area contributed by atoms with E-state index in [1.807, 2.05) is 30.3 Å². The van der Waals surface area contributed by atoms with Gasteiger partial charge in [0.2, 0.25) is 0 Å². The molecule has 1 aromatic rings. The fourth-order valence-corrected chi connectivity index (χ4v) is 1.37. The summed E-state index contributed by atoms with van der Waals surface area (Å²) in [5.41, 5.74) is 0. The van der Waals surface area contributed by atoms with Gasteiger partial charge in [0.15, 0.2) is 0 Å². The van der Waals surface area contributed by atoms with Crippen molar-refractivity contribution in [3.05, 3.63) is 42.7 Å². The summed E-state index contributed by atoms with van der Waals surface area (Å²) in [7, 11) is -1.11. The van der Waals surface area contributed by atoms with Crippen LogP contribution in [0.25, 0.3) is 0 Å². The summed E-state index contributed by atoms with van der Waals surface area (Å²) >= 11 is 0. The highest BCUT2D eigenvalue weighted by molar-refractivity contribution is 7.63. The first-order valence-electron chi connectivity index (χ1n) is 3.00. The molecule has 1 nitrogen and oxygen atoms in total. The molecule has 0 heterocycles. The van der Waals surface area contributed by atoms with Crippen LogP contribution in [0.5, 0.6) is 0 Å². The average Bonchev–Trinajstić information content (AvgIpc) is 2.05. The van der Waals surface area contributed by atoms with Crippen LogP contribution in [-0.2, 0) is 0 Å². The summed E-state index contributed by atoms with van der Waals surface area (Å²) in [6.07, 6.45) is 0. The summed E-state index contributed by atoms with van der Waals surface area (Å²) < 4.78 is 0. The Labute approximate surface area is 61.9 Å². The third-order valence-electron chi connectivity index (χ3n) is 1.19. The van der Waals surface area contributed by atoms with Crippen LogP contribution < -0.4 is 5.30 Å². The molecule has 1 unspecified atom stereocenters. The second-order valence-corrected chi connectivity index (χ2v) is 3.43. The molecule has 1 N–H and O–H groups in total. The molecule has 0 aromatic heterocycles. The Balaban J connectivity index is 2.84. The standard InChI is InChI=1S/C8H9OP/c1-2-10(9)8-6-4-3-5-7-8/h2-7,9H,1H2. The van der Waals surface area contributed by atoms with Crippen LogP contribution in [0.4, 0.5) is 0 Å². The Bertz CT molecular complexity index is 208. The van der Waals surface area contributed by atoms with Crippen molar-refractivity contribution >= 4 is 13.5 Å².